The molecular weight excluding hydrogens is 347 g/mol. The highest BCUT2D eigenvalue weighted by molar-refractivity contribution is 5.90. The normalized spacial score (nSPS) is 16.0. The Morgan fingerprint density at radius 3 is 3.04 bits per heavy atom. The number of ether oxygens (including phenoxy) is 1. The Kier molecular flexibility index (Phi) is 5.99. The monoisotopic (exact) mass is 368 g/mol. The van der Waals surface area contributed by atoms with Crippen LogP contribution in [-0.2, 0) is 11.3 Å². The van der Waals surface area contributed by atoms with Gasteiger partial charge in [0.1, 0.15) is 5.82 Å². The maximum atomic E-state index is 14.0. The fourth-order valence-electron chi connectivity index (χ4n) is 3.03. The van der Waals surface area contributed by atoms with E-state index < -0.39 is 5.82 Å². The number of pyridine rings is 1. The molecule has 1 aromatic carbocycles. The Bertz CT molecular complexity index is 845. The van der Waals surface area contributed by atoms with E-state index in [9.17, 15) is 9.18 Å². The van der Waals surface area contributed by atoms with Crippen molar-refractivity contribution in [1.82, 2.24) is 9.88 Å². The quantitative estimate of drug-likeness (QED) is 0.874. The standard InChI is InChI=1S/C20H21FN4O2/c1-14-18(21)8-16(10-22)9-19(14)24-20(26)25(13-17-5-3-7-27-17)12-15-4-2-6-23-11-15/h2,4,6,8-9,11,17H,3,5,7,12-13H2,1H3,(H,24,26)/t17-/m0/s1. The summed E-state index contributed by atoms with van der Waals surface area (Å²) < 4.78 is 19.7. The molecule has 0 aliphatic carbocycles. The zero-order valence-corrected chi connectivity index (χ0v) is 15.1. The first kappa shape index (κ1) is 18.8. The second kappa shape index (κ2) is 8.60. The summed E-state index contributed by atoms with van der Waals surface area (Å²) in [6, 6.07) is 7.87. The number of hydrogen-bond donors (Lipinski definition) is 1. The number of anilines is 1. The van der Waals surface area contributed by atoms with Crippen molar-refractivity contribution in [3.05, 3.63) is 59.2 Å². The number of carbonyl (C=O) groups excluding carboxylic acids is 1. The van der Waals surface area contributed by atoms with Crippen LogP contribution in [0, 0.1) is 24.1 Å². The minimum atomic E-state index is -0.526. The predicted molar refractivity (Wildman–Crippen MR) is 98.5 cm³/mol. The van der Waals surface area contributed by atoms with Gasteiger partial charge < -0.3 is 15.0 Å². The molecule has 1 aliphatic heterocycles. The topological polar surface area (TPSA) is 78.3 Å². The lowest BCUT2D eigenvalue weighted by atomic mass is 10.1. The van der Waals surface area contributed by atoms with Crippen molar-refractivity contribution in [3.8, 4) is 6.07 Å². The first-order valence-electron chi connectivity index (χ1n) is 8.83. The SMILES string of the molecule is Cc1c(F)cc(C#N)cc1NC(=O)N(Cc1cccnc1)C[C@@H]1CCCO1. The van der Waals surface area contributed by atoms with E-state index in [0.717, 1.165) is 24.5 Å². The summed E-state index contributed by atoms with van der Waals surface area (Å²) in [5.74, 6) is -0.526. The van der Waals surface area contributed by atoms with Gasteiger partial charge in [0.2, 0.25) is 0 Å². The molecule has 1 aromatic heterocycles. The van der Waals surface area contributed by atoms with Gasteiger partial charge in [-0.15, -0.1) is 0 Å². The Balaban J connectivity index is 1.79. The van der Waals surface area contributed by atoms with Gasteiger partial charge in [-0.2, -0.15) is 5.26 Å². The largest absolute Gasteiger partial charge is 0.376 e. The second-order valence-corrected chi connectivity index (χ2v) is 6.55. The maximum Gasteiger partial charge on any atom is 0.322 e. The fourth-order valence-corrected chi connectivity index (χ4v) is 3.03. The maximum absolute atomic E-state index is 14.0. The summed E-state index contributed by atoms with van der Waals surface area (Å²) in [5, 5.41) is 11.8. The van der Waals surface area contributed by atoms with Gasteiger partial charge in [0.15, 0.2) is 0 Å². The summed E-state index contributed by atoms with van der Waals surface area (Å²) >= 11 is 0. The average molecular weight is 368 g/mol. The lowest BCUT2D eigenvalue weighted by molar-refractivity contribution is 0.0819. The number of rotatable bonds is 5. The summed E-state index contributed by atoms with van der Waals surface area (Å²) in [7, 11) is 0. The first-order chi connectivity index (χ1) is 13.1. The molecule has 2 aromatic rings. The summed E-state index contributed by atoms with van der Waals surface area (Å²) in [4.78, 5) is 18.6. The molecule has 0 radical (unpaired) electrons. The number of carbonyl (C=O) groups is 1. The Morgan fingerprint density at radius 1 is 1.52 bits per heavy atom. The molecule has 6 nitrogen and oxygen atoms in total. The lowest BCUT2D eigenvalue weighted by Crippen LogP contribution is -2.39. The fraction of sp³-hybridized carbons (Fsp3) is 0.350. The Hall–Kier alpha value is -2.98. The van der Waals surface area contributed by atoms with E-state index in [0.29, 0.717) is 30.9 Å². The molecular formula is C20H21FN4O2. The minimum Gasteiger partial charge on any atom is -0.376 e. The van der Waals surface area contributed by atoms with Gasteiger partial charge in [-0.1, -0.05) is 6.07 Å². The van der Waals surface area contributed by atoms with Crippen LogP contribution in [0.15, 0.2) is 36.7 Å². The van der Waals surface area contributed by atoms with Crippen LogP contribution in [0.4, 0.5) is 14.9 Å². The zero-order valence-electron chi connectivity index (χ0n) is 15.1. The number of nitrogens with one attached hydrogen (secondary N) is 1. The van der Waals surface area contributed by atoms with Crippen LogP contribution in [0.5, 0.6) is 0 Å². The molecule has 27 heavy (non-hydrogen) atoms. The molecule has 0 saturated carbocycles. The van der Waals surface area contributed by atoms with Gasteiger partial charge in [-0.3, -0.25) is 4.98 Å². The van der Waals surface area contributed by atoms with Gasteiger partial charge >= 0.3 is 6.03 Å². The Labute approximate surface area is 157 Å². The van der Waals surface area contributed by atoms with Gasteiger partial charge in [0.05, 0.1) is 17.7 Å². The molecule has 1 N–H and O–H groups in total. The lowest BCUT2D eigenvalue weighted by Gasteiger charge is -2.26. The molecule has 0 unspecified atom stereocenters. The Morgan fingerprint density at radius 2 is 2.37 bits per heavy atom. The number of hydrogen-bond acceptors (Lipinski definition) is 4. The van der Waals surface area contributed by atoms with Gasteiger partial charge in [0.25, 0.3) is 0 Å². The number of nitrogens with zero attached hydrogens (tertiary/aromatic N) is 3. The highest BCUT2D eigenvalue weighted by Crippen LogP contribution is 2.22. The molecule has 1 aliphatic rings. The number of halogens is 1. The van der Waals surface area contributed by atoms with Crippen LogP contribution in [-0.4, -0.2) is 35.2 Å². The number of amides is 2. The van der Waals surface area contributed by atoms with Crippen LogP contribution in [0.1, 0.15) is 29.5 Å². The predicted octanol–water partition coefficient (Wildman–Crippen LogP) is 3.61. The van der Waals surface area contributed by atoms with E-state index >= 15 is 0 Å². The average Bonchev–Trinajstić information content (AvgIpc) is 3.18. The van der Waals surface area contributed by atoms with E-state index in [1.54, 1.807) is 24.2 Å². The number of benzene rings is 1. The van der Waals surface area contributed by atoms with Gasteiger partial charge in [0, 0.05) is 43.3 Å². The van der Waals surface area contributed by atoms with E-state index in [1.165, 1.54) is 6.07 Å². The molecule has 1 saturated heterocycles. The van der Waals surface area contributed by atoms with E-state index in [2.05, 4.69) is 10.3 Å². The molecule has 3 rings (SSSR count). The van der Waals surface area contributed by atoms with Crippen molar-refractivity contribution in [1.29, 1.82) is 5.26 Å². The highest BCUT2D eigenvalue weighted by atomic mass is 19.1. The van der Waals surface area contributed by atoms with Crippen molar-refractivity contribution < 1.29 is 13.9 Å². The number of nitriles is 1. The third-order valence-electron chi connectivity index (χ3n) is 4.55. The van der Waals surface area contributed by atoms with E-state index in [-0.39, 0.29) is 17.7 Å². The third-order valence-corrected chi connectivity index (χ3v) is 4.55. The number of urea groups is 1. The second-order valence-electron chi connectivity index (χ2n) is 6.55. The summed E-state index contributed by atoms with van der Waals surface area (Å²) in [6.07, 6.45) is 5.23. The van der Waals surface area contributed by atoms with Crippen LogP contribution >= 0.6 is 0 Å². The molecule has 2 heterocycles. The van der Waals surface area contributed by atoms with E-state index in [4.69, 9.17) is 10.00 Å². The van der Waals surface area contributed by atoms with Gasteiger partial charge in [-0.05, 0) is 43.5 Å². The molecule has 1 atom stereocenters. The van der Waals surface area contributed by atoms with E-state index in [1.807, 2.05) is 18.2 Å². The van der Waals surface area contributed by atoms with Crippen LogP contribution in [0.25, 0.3) is 0 Å². The summed E-state index contributed by atoms with van der Waals surface area (Å²) in [5.41, 5.74) is 1.63. The van der Waals surface area contributed by atoms with Crippen LogP contribution in [0.2, 0.25) is 0 Å². The van der Waals surface area contributed by atoms with Crippen molar-refractivity contribution in [2.75, 3.05) is 18.5 Å². The smallest absolute Gasteiger partial charge is 0.322 e. The zero-order chi connectivity index (χ0) is 19.2. The molecule has 140 valence electrons. The minimum absolute atomic E-state index is 0.0179. The molecule has 0 spiro atoms. The van der Waals surface area contributed by atoms with Crippen molar-refractivity contribution in [2.45, 2.75) is 32.4 Å². The third kappa shape index (κ3) is 4.80. The van der Waals surface area contributed by atoms with Crippen LogP contribution < -0.4 is 5.32 Å². The molecule has 1 fully saturated rings. The number of aromatic nitrogens is 1. The molecule has 7 heteroatoms. The summed E-state index contributed by atoms with van der Waals surface area (Å²) in [6.45, 7) is 3.05. The van der Waals surface area contributed by atoms with Crippen LogP contribution in [0.3, 0.4) is 0 Å². The molecule has 2 amide bonds. The van der Waals surface area contributed by atoms with Crippen molar-refractivity contribution in [2.24, 2.45) is 0 Å². The molecule has 0 bridgehead atoms. The highest BCUT2D eigenvalue weighted by Gasteiger charge is 2.23. The first-order valence-corrected chi connectivity index (χ1v) is 8.83. The van der Waals surface area contributed by atoms with Gasteiger partial charge in [-0.25, -0.2) is 9.18 Å². The van der Waals surface area contributed by atoms with Crippen molar-refractivity contribution >= 4 is 11.7 Å². The van der Waals surface area contributed by atoms with Crippen molar-refractivity contribution in [3.63, 3.8) is 0 Å².